The van der Waals surface area contributed by atoms with Crippen LogP contribution in [0.15, 0.2) is 46.9 Å². The molecule has 0 aliphatic heterocycles. The molecule has 0 aliphatic carbocycles. The zero-order valence-electron chi connectivity index (χ0n) is 16.5. The number of hydrogen-bond acceptors (Lipinski definition) is 6. The molecular formula is C21H22N4O2S2. The zero-order valence-corrected chi connectivity index (χ0v) is 18.1. The maximum absolute atomic E-state index is 12.3. The van der Waals surface area contributed by atoms with E-state index in [4.69, 9.17) is 0 Å². The van der Waals surface area contributed by atoms with Crippen LogP contribution in [0.3, 0.4) is 0 Å². The third-order valence-electron chi connectivity index (χ3n) is 4.17. The molecule has 2 amide bonds. The van der Waals surface area contributed by atoms with E-state index in [1.165, 1.54) is 11.3 Å². The highest BCUT2D eigenvalue weighted by Gasteiger charge is 2.13. The first-order valence-electron chi connectivity index (χ1n) is 9.17. The molecule has 3 rings (SSSR count). The third kappa shape index (κ3) is 5.65. The van der Waals surface area contributed by atoms with Crippen LogP contribution in [-0.4, -0.2) is 21.8 Å². The summed E-state index contributed by atoms with van der Waals surface area (Å²) in [7, 11) is 0. The maximum atomic E-state index is 12.3. The molecule has 150 valence electrons. The second kappa shape index (κ2) is 9.67. The van der Waals surface area contributed by atoms with E-state index >= 15 is 0 Å². The number of amides is 2. The van der Waals surface area contributed by atoms with Crippen LogP contribution in [0.2, 0.25) is 0 Å². The van der Waals surface area contributed by atoms with E-state index in [0.29, 0.717) is 16.2 Å². The van der Waals surface area contributed by atoms with Gasteiger partial charge in [-0.05, 0) is 61.0 Å². The molecule has 0 unspecified atom stereocenters. The van der Waals surface area contributed by atoms with Gasteiger partial charge in [-0.15, -0.1) is 11.3 Å². The highest BCUT2D eigenvalue weighted by Crippen LogP contribution is 2.20. The van der Waals surface area contributed by atoms with Crippen LogP contribution in [0.4, 0.5) is 0 Å². The van der Waals surface area contributed by atoms with Crippen molar-refractivity contribution in [1.82, 2.24) is 20.8 Å². The number of aryl methyl sites for hydroxylation is 3. The first kappa shape index (κ1) is 21.0. The van der Waals surface area contributed by atoms with Crippen LogP contribution in [0.1, 0.15) is 49.5 Å². The summed E-state index contributed by atoms with van der Waals surface area (Å²) < 4.78 is 0. The number of nitrogens with zero attached hydrogens (tertiary/aromatic N) is 2. The number of carbonyl (C=O) groups is 2. The highest BCUT2D eigenvalue weighted by atomic mass is 32.2. The minimum atomic E-state index is -0.357. The average molecular weight is 427 g/mol. The van der Waals surface area contributed by atoms with Gasteiger partial charge in [-0.1, -0.05) is 30.8 Å². The predicted molar refractivity (Wildman–Crippen MR) is 116 cm³/mol. The van der Waals surface area contributed by atoms with E-state index in [1.54, 1.807) is 23.9 Å². The van der Waals surface area contributed by atoms with Gasteiger partial charge in [-0.25, -0.2) is 9.97 Å². The summed E-state index contributed by atoms with van der Waals surface area (Å²) in [6.07, 6.45) is 0.771. The van der Waals surface area contributed by atoms with Crippen LogP contribution < -0.4 is 10.9 Å². The van der Waals surface area contributed by atoms with Crippen molar-refractivity contribution < 1.29 is 9.59 Å². The molecule has 6 nitrogen and oxygen atoms in total. The molecule has 0 aliphatic rings. The fraction of sp³-hybridized carbons (Fsp3) is 0.238. The monoisotopic (exact) mass is 426 g/mol. The van der Waals surface area contributed by atoms with Crippen molar-refractivity contribution >= 4 is 34.9 Å². The van der Waals surface area contributed by atoms with Crippen molar-refractivity contribution in [2.75, 3.05) is 0 Å². The number of hydrogen-bond donors (Lipinski definition) is 2. The van der Waals surface area contributed by atoms with Gasteiger partial charge in [0.2, 0.25) is 0 Å². The molecule has 0 saturated carbocycles. The lowest BCUT2D eigenvalue weighted by Crippen LogP contribution is -2.41. The zero-order chi connectivity index (χ0) is 20.8. The quantitative estimate of drug-likeness (QED) is 0.352. The molecule has 8 heteroatoms. The summed E-state index contributed by atoms with van der Waals surface area (Å²) in [6.45, 7) is 5.89. The van der Waals surface area contributed by atoms with Gasteiger partial charge >= 0.3 is 0 Å². The van der Waals surface area contributed by atoms with Crippen molar-refractivity contribution in [2.24, 2.45) is 0 Å². The molecule has 2 heterocycles. The van der Waals surface area contributed by atoms with Gasteiger partial charge < -0.3 is 0 Å². The van der Waals surface area contributed by atoms with Crippen LogP contribution in [0, 0.1) is 13.8 Å². The highest BCUT2D eigenvalue weighted by molar-refractivity contribution is 7.98. The lowest BCUT2D eigenvalue weighted by Gasteiger charge is -2.08. The Morgan fingerprint density at radius 2 is 1.66 bits per heavy atom. The predicted octanol–water partition coefficient (Wildman–Crippen LogP) is 4.08. The van der Waals surface area contributed by atoms with E-state index in [-0.39, 0.29) is 11.8 Å². The Balaban J connectivity index is 1.54. The summed E-state index contributed by atoms with van der Waals surface area (Å²) in [5.41, 5.74) is 9.35. The van der Waals surface area contributed by atoms with Gasteiger partial charge in [0, 0.05) is 22.7 Å². The Morgan fingerprint density at radius 1 is 1.00 bits per heavy atom. The van der Waals surface area contributed by atoms with E-state index in [0.717, 1.165) is 34.1 Å². The summed E-state index contributed by atoms with van der Waals surface area (Å²) in [5, 5.41) is 2.61. The molecule has 3 aromatic rings. The lowest BCUT2D eigenvalue weighted by molar-refractivity contribution is 0.0848. The van der Waals surface area contributed by atoms with Crippen molar-refractivity contribution in [3.63, 3.8) is 0 Å². The van der Waals surface area contributed by atoms with Crippen LogP contribution in [0.25, 0.3) is 0 Å². The first-order chi connectivity index (χ1) is 14.0. The van der Waals surface area contributed by atoms with Crippen molar-refractivity contribution in [1.29, 1.82) is 0 Å². The van der Waals surface area contributed by atoms with E-state index in [1.807, 2.05) is 50.4 Å². The number of thioether (sulfide) groups is 1. The number of rotatable bonds is 6. The standard InChI is InChI=1S/C21H22N4O2S2/c1-4-16-9-10-28-18(16)20(27)25-24-19(26)17-7-5-15(6-8-17)12-29-21-22-13(2)11-14(3)23-21/h5-11H,4,12H2,1-3H3,(H,24,26)(H,25,27). The van der Waals surface area contributed by atoms with Crippen molar-refractivity contribution in [3.05, 3.63) is 74.7 Å². The molecule has 0 saturated heterocycles. The third-order valence-corrected chi connectivity index (χ3v) is 6.04. The average Bonchev–Trinajstić information content (AvgIpc) is 3.19. The van der Waals surface area contributed by atoms with Crippen LogP contribution >= 0.6 is 23.1 Å². The molecular weight excluding hydrogens is 404 g/mol. The molecule has 0 bridgehead atoms. The Labute approximate surface area is 178 Å². The SMILES string of the molecule is CCc1ccsc1C(=O)NNC(=O)c1ccc(CSc2nc(C)cc(C)n2)cc1. The molecule has 0 fully saturated rings. The van der Waals surface area contributed by atoms with Gasteiger partial charge in [-0.3, -0.25) is 20.4 Å². The van der Waals surface area contributed by atoms with Crippen molar-refractivity contribution in [3.8, 4) is 0 Å². The van der Waals surface area contributed by atoms with E-state index in [9.17, 15) is 9.59 Å². The second-order valence-corrected chi connectivity index (χ2v) is 8.31. The molecule has 0 atom stereocenters. The summed E-state index contributed by atoms with van der Waals surface area (Å²) >= 11 is 2.91. The number of aromatic nitrogens is 2. The van der Waals surface area contributed by atoms with E-state index in [2.05, 4.69) is 20.8 Å². The minimum absolute atomic E-state index is 0.299. The van der Waals surface area contributed by atoms with Crippen molar-refractivity contribution in [2.45, 2.75) is 38.1 Å². The molecule has 2 N–H and O–H groups in total. The normalized spacial score (nSPS) is 10.6. The maximum Gasteiger partial charge on any atom is 0.280 e. The molecule has 0 spiro atoms. The lowest BCUT2D eigenvalue weighted by atomic mass is 10.1. The van der Waals surface area contributed by atoms with Gasteiger partial charge in [0.15, 0.2) is 5.16 Å². The summed E-state index contributed by atoms with van der Waals surface area (Å²) in [5.74, 6) is 0.0520. The molecule has 29 heavy (non-hydrogen) atoms. The minimum Gasteiger partial charge on any atom is -0.267 e. The number of carbonyl (C=O) groups excluding carboxylic acids is 2. The largest absolute Gasteiger partial charge is 0.280 e. The number of nitrogens with one attached hydrogen (secondary N) is 2. The Hall–Kier alpha value is -2.71. The Bertz CT molecular complexity index is 996. The van der Waals surface area contributed by atoms with Gasteiger partial charge in [0.1, 0.15) is 0 Å². The first-order valence-corrected chi connectivity index (χ1v) is 11.0. The van der Waals surface area contributed by atoms with Crippen LogP contribution in [-0.2, 0) is 12.2 Å². The fourth-order valence-electron chi connectivity index (χ4n) is 2.71. The van der Waals surface area contributed by atoms with Gasteiger partial charge in [0.25, 0.3) is 11.8 Å². The van der Waals surface area contributed by atoms with Gasteiger partial charge in [0.05, 0.1) is 4.88 Å². The Morgan fingerprint density at radius 3 is 2.31 bits per heavy atom. The molecule has 0 radical (unpaired) electrons. The van der Waals surface area contributed by atoms with E-state index < -0.39 is 0 Å². The fourth-order valence-corrected chi connectivity index (χ4v) is 4.51. The summed E-state index contributed by atoms with van der Waals surface area (Å²) in [6, 6.07) is 11.1. The second-order valence-electron chi connectivity index (χ2n) is 6.46. The smallest absolute Gasteiger partial charge is 0.267 e. The van der Waals surface area contributed by atoms with Crippen LogP contribution in [0.5, 0.6) is 0 Å². The molecule has 1 aromatic carbocycles. The number of hydrazine groups is 1. The summed E-state index contributed by atoms with van der Waals surface area (Å²) in [4.78, 5) is 34.0. The number of thiophene rings is 1. The van der Waals surface area contributed by atoms with Gasteiger partial charge in [-0.2, -0.15) is 0 Å². The number of benzene rings is 1. The Kier molecular flexibility index (Phi) is 7.00. The topological polar surface area (TPSA) is 84.0 Å². The molecule has 2 aromatic heterocycles.